The van der Waals surface area contributed by atoms with Gasteiger partial charge in [0.2, 0.25) is 23.6 Å². The van der Waals surface area contributed by atoms with Crippen molar-refractivity contribution in [2.24, 2.45) is 17.6 Å². The molecule has 5 amide bonds. The zero-order valence-corrected chi connectivity index (χ0v) is 35.6. The molecule has 0 bridgehead atoms. The number of epoxide rings is 1. The number of hydrogen-bond acceptors (Lipinski definition) is 11. The van der Waals surface area contributed by atoms with Crippen molar-refractivity contribution in [3.63, 3.8) is 0 Å². The van der Waals surface area contributed by atoms with Crippen molar-refractivity contribution in [3.05, 3.63) is 36.0 Å². The molecule has 7 N–H and O–H groups in total. The number of carbonyl (C=O) groups is 6. The number of esters is 1. The second-order valence-corrected chi connectivity index (χ2v) is 16.5. The van der Waals surface area contributed by atoms with Crippen molar-refractivity contribution in [2.75, 3.05) is 13.2 Å². The molecule has 0 unspecified atom stereocenters. The zero-order chi connectivity index (χ0) is 43.0. The number of rotatable bonds is 20. The molecule has 3 fully saturated rings. The van der Waals surface area contributed by atoms with Gasteiger partial charge < -0.3 is 40.6 Å². The molecule has 0 aromatic rings. The Morgan fingerprint density at radius 3 is 2.28 bits per heavy atom. The van der Waals surface area contributed by atoms with Gasteiger partial charge in [0.05, 0.1) is 49.1 Å². The summed E-state index contributed by atoms with van der Waals surface area (Å²) in [5.74, 6) is -2.47. The molecule has 326 valence electrons. The monoisotopic (exact) mass is 816 g/mol. The normalized spacial score (nSPS) is 27.4. The fourth-order valence-corrected chi connectivity index (χ4v) is 7.13. The first-order chi connectivity index (χ1) is 27.4. The second-order valence-electron chi connectivity index (χ2n) is 16.5. The molecule has 0 aromatic heterocycles. The van der Waals surface area contributed by atoms with E-state index in [0.29, 0.717) is 38.8 Å². The van der Waals surface area contributed by atoms with E-state index in [1.54, 1.807) is 26.8 Å². The van der Waals surface area contributed by atoms with Gasteiger partial charge in [-0.3, -0.25) is 39.6 Å². The molecule has 1 spiro atoms. The molecular formula is C42H68N6O10. The second kappa shape index (κ2) is 23.5. The summed E-state index contributed by atoms with van der Waals surface area (Å²) >= 11 is 0. The maximum atomic E-state index is 13.0. The van der Waals surface area contributed by atoms with E-state index in [9.17, 15) is 28.8 Å². The van der Waals surface area contributed by atoms with Gasteiger partial charge in [-0.05, 0) is 77.8 Å². The summed E-state index contributed by atoms with van der Waals surface area (Å²) in [7, 11) is 0. The van der Waals surface area contributed by atoms with Crippen molar-refractivity contribution in [2.45, 2.75) is 167 Å². The topological polar surface area (TPSA) is 229 Å². The van der Waals surface area contributed by atoms with Gasteiger partial charge in [0.1, 0.15) is 18.2 Å². The fraction of sp³-hybridized carbons (Fsp3) is 0.714. The Balaban J connectivity index is 1.43. The van der Waals surface area contributed by atoms with Gasteiger partial charge in [-0.1, -0.05) is 51.0 Å². The summed E-state index contributed by atoms with van der Waals surface area (Å²) in [5.41, 5.74) is 11.0. The van der Waals surface area contributed by atoms with E-state index < -0.39 is 48.0 Å². The lowest BCUT2D eigenvalue weighted by Crippen LogP contribution is -2.56. The standard InChI is InChI=1S/C42H68N6O10/c1-25(2)39(46-36(50)12-10-9-11-19-43)41(54)44-29(6)40(53)48-47-38(52)21-33-23-42(24-55-42)22-32(58-33)16-13-26(3)14-17-35-27(4)20-34(30(7)57-35)45-37(51)18-15-28(5)56-31(8)49/h13-16,18,25,27-30,32-35,39H,9-12,17,19-24,43H2,1-8H3,(H,44,54)(H,45,51)(H,46,50)(H,47,52)(H,48,53)/b16-13+,18-15-,26-14+/t27-,28-,29-,30+,32+,33+,34+,35-,39-,42+/m0/s1. The summed E-state index contributed by atoms with van der Waals surface area (Å²) < 4.78 is 23.4. The van der Waals surface area contributed by atoms with Gasteiger partial charge in [-0.15, -0.1) is 0 Å². The molecule has 0 aliphatic carbocycles. The Kier molecular flexibility index (Phi) is 19.5. The highest BCUT2D eigenvalue weighted by molar-refractivity contribution is 5.92. The van der Waals surface area contributed by atoms with Crippen molar-refractivity contribution < 1.29 is 47.7 Å². The Morgan fingerprint density at radius 2 is 1.62 bits per heavy atom. The van der Waals surface area contributed by atoms with Crippen LogP contribution >= 0.6 is 0 Å². The predicted octanol–water partition coefficient (Wildman–Crippen LogP) is 2.70. The van der Waals surface area contributed by atoms with Crippen LogP contribution in [0.4, 0.5) is 0 Å². The molecule has 3 aliphatic rings. The van der Waals surface area contributed by atoms with E-state index in [-0.39, 0.29) is 66.4 Å². The minimum atomic E-state index is -0.977. The minimum Gasteiger partial charge on any atom is -0.459 e. The lowest BCUT2D eigenvalue weighted by atomic mass is 9.88. The lowest BCUT2D eigenvalue weighted by Gasteiger charge is -2.39. The van der Waals surface area contributed by atoms with Crippen LogP contribution in [0.15, 0.2) is 36.0 Å². The highest BCUT2D eigenvalue weighted by Gasteiger charge is 2.51. The molecule has 3 heterocycles. The number of carbonyl (C=O) groups excluding carboxylic acids is 6. The highest BCUT2D eigenvalue weighted by Crippen LogP contribution is 2.43. The SMILES string of the molecule is CC(=O)O[C@@H](C)/C=C\C(=O)N[C@@H]1C[C@H](C)[C@H](C/C=C(C)/C=C/[C@@H]2C[C@]3(CO3)C[C@@H](CC(=O)NNC(=O)[C@H](C)NC(=O)[C@@H](NC(=O)CCCCCN)C(C)C)O2)O[C@@H]1C. The van der Waals surface area contributed by atoms with Crippen LogP contribution in [0.5, 0.6) is 0 Å². The Bertz CT molecular complexity index is 1510. The third-order valence-corrected chi connectivity index (χ3v) is 10.6. The Morgan fingerprint density at radius 1 is 0.897 bits per heavy atom. The zero-order valence-electron chi connectivity index (χ0n) is 35.6. The fourth-order valence-electron chi connectivity index (χ4n) is 7.13. The first-order valence-corrected chi connectivity index (χ1v) is 20.7. The van der Waals surface area contributed by atoms with Crippen molar-refractivity contribution in [1.29, 1.82) is 0 Å². The number of ether oxygens (including phenoxy) is 4. The summed E-state index contributed by atoms with van der Waals surface area (Å²) in [6, 6.07) is -1.94. The van der Waals surface area contributed by atoms with Gasteiger partial charge in [-0.25, -0.2) is 0 Å². The summed E-state index contributed by atoms with van der Waals surface area (Å²) in [4.78, 5) is 74.6. The molecular weight excluding hydrogens is 748 g/mol. The number of hydrogen-bond donors (Lipinski definition) is 6. The van der Waals surface area contributed by atoms with Crippen LogP contribution in [-0.4, -0.2) is 103 Å². The van der Waals surface area contributed by atoms with Crippen LogP contribution in [0.25, 0.3) is 0 Å². The summed E-state index contributed by atoms with van der Waals surface area (Å²) in [6.45, 7) is 15.3. The maximum Gasteiger partial charge on any atom is 0.303 e. The number of hydrazine groups is 1. The molecule has 0 aromatic carbocycles. The van der Waals surface area contributed by atoms with Crippen LogP contribution in [-0.2, 0) is 47.7 Å². The molecule has 0 radical (unpaired) electrons. The van der Waals surface area contributed by atoms with Crippen LogP contribution < -0.4 is 32.5 Å². The predicted molar refractivity (Wildman–Crippen MR) is 217 cm³/mol. The van der Waals surface area contributed by atoms with E-state index in [1.165, 1.54) is 19.9 Å². The van der Waals surface area contributed by atoms with Crippen molar-refractivity contribution in [1.82, 2.24) is 26.8 Å². The van der Waals surface area contributed by atoms with Crippen LogP contribution in [0.2, 0.25) is 0 Å². The smallest absolute Gasteiger partial charge is 0.303 e. The van der Waals surface area contributed by atoms with Crippen molar-refractivity contribution in [3.8, 4) is 0 Å². The molecule has 3 saturated heterocycles. The number of amides is 5. The van der Waals surface area contributed by atoms with Crippen LogP contribution in [0.3, 0.4) is 0 Å². The van der Waals surface area contributed by atoms with E-state index >= 15 is 0 Å². The van der Waals surface area contributed by atoms with E-state index in [1.807, 2.05) is 26.0 Å². The van der Waals surface area contributed by atoms with Crippen molar-refractivity contribution >= 4 is 35.5 Å². The molecule has 16 heteroatoms. The van der Waals surface area contributed by atoms with E-state index in [2.05, 4.69) is 39.8 Å². The van der Waals surface area contributed by atoms with Gasteiger partial charge in [0, 0.05) is 32.3 Å². The quantitative estimate of drug-likeness (QED) is 0.0262. The molecule has 3 rings (SSSR count). The first-order valence-electron chi connectivity index (χ1n) is 20.7. The number of nitrogens with two attached hydrogens (primary N) is 1. The van der Waals surface area contributed by atoms with Gasteiger partial charge in [0.15, 0.2) is 0 Å². The largest absolute Gasteiger partial charge is 0.459 e. The highest BCUT2D eigenvalue weighted by atomic mass is 16.6. The van der Waals surface area contributed by atoms with Gasteiger partial charge in [-0.2, -0.15) is 0 Å². The first kappa shape index (κ1) is 48.3. The van der Waals surface area contributed by atoms with Gasteiger partial charge >= 0.3 is 5.97 Å². The Hall–Kier alpha value is -4.12. The third-order valence-electron chi connectivity index (χ3n) is 10.6. The average Bonchev–Trinajstić information content (AvgIpc) is 3.89. The average molecular weight is 817 g/mol. The molecule has 3 aliphatic heterocycles. The van der Waals surface area contributed by atoms with E-state index in [0.717, 1.165) is 24.8 Å². The number of allylic oxidation sites excluding steroid dienone is 2. The number of unbranched alkanes of at least 4 members (excludes halogenated alkanes) is 2. The number of nitrogens with one attached hydrogen (secondary N) is 5. The minimum absolute atomic E-state index is 0.00173. The van der Waals surface area contributed by atoms with Gasteiger partial charge in [0.25, 0.3) is 5.91 Å². The molecule has 16 nitrogen and oxygen atoms in total. The van der Waals surface area contributed by atoms with E-state index in [4.69, 9.17) is 24.7 Å². The molecule has 10 atom stereocenters. The third kappa shape index (κ3) is 17.0. The summed E-state index contributed by atoms with van der Waals surface area (Å²) in [6.07, 6.45) is 12.9. The molecule has 58 heavy (non-hydrogen) atoms. The van der Waals surface area contributed by atoms with Crippen LogP contribution in [0.1, 0.15) is 113 Å². The molecule has 0 saturated carbocycles. The maximum absolute atomic E-state index is 13.0. The lowest BCUT2D eigenvalue weighted by molar-refractivity contribution is -0.143. The van der Waals surface area contributed by atoms with Crippen LogP contribution in [0, 0.1) is 11.8 Å². The Labute approximate surface area is 343 Å². The summed E-state index contributed by atoms with van der Waals surface area (Å²) in [5, 5.41) is 8.39.